The number of hydrogen-bond donors (Lipinski definition) is 0. The topological polar surface area (TPSA) is 160 Å². The molecule has 2 aliphatic heterocycles. The first-order valence-corrected chi connectivity index (χ1v) is 37.9. The molecule has 0 N–H and O–H groups in total. The van der Waals surface area contributed by atoms with Gasteiger partial charge in [-0.25, -0.2) is 9.97 Å². The molecular formula is C130H240N10O5Zn-2. The van der Waals surface area contributed by atoms with E-state index in [1.54, 1.807) is 59.8 Å². The predicted octanol–water partition coefficient (Wildman–Crippen LogP) is 45.3. The van der Waals surface area contributed by atoms with Crippen molar-refractivity contribution >= 4 is 55.5 Å². The van der Waals surface area contributed by atoms with Crippen LogP contribution in [0.2, 0.25) is 0 Å². The van der Waals surface area contributed by atoms with Crippen LogP contribution in [0.15, 0.2) is 212 Å². The molecular weight excluding hydrogens is 1850 g/mol. The minimum absolute atomic E-state index is 0. The maximum atomic E-state index is 6.67. The van der Waals surface area contributed by atoms with Crippen LogP contribution in [0.1, 0.15) is 385 Å². The van der Waals surface area contributed by atoms with E-state index in [1.807, 2.05) is 97.1 Å². The summed E-state index contributed by atoms with van der Waals surface area (Å²) in [6.07, 6.45) is 10.7. The van der Waals surface area contributed by atoms with Crippen molar-refractivity contribution in [1.29, 1.82) is 0 Å². The molecule has 8 bridgehead atoms. The van der Waals surface area contributed by atoms with Crippen LogP contribution in [0.4, 0.5) is 11.4 Å². The number of ether oxygens (including phenoxy) is 5. The van der Waals surface area contributed by atoms with Crippen molar-refractivity contribution in [3.8, 4) is 74.3 Å². The first-order valence-electron chi connectivity index (χ1n) is 37.9. The fourth-order valence-electron chi connectivity index (χ4n) is 12.4. The quantitative estimate of drug-likeness (QED) is 0.0705. The van der Waals surface area contributed by atoms with Crippen LogP contribution in [0.25, 0.3) is 99.4 Å². The molecule has 0 amide bonds. The number of fused-ring (bicyclic) bond motifs is 20. The van der Waals surface area contributed by atoms with Gasteiger partial charge in [-0.05, 0) is 202 Å². The summed E-state index contributed by atoms with van der Waals surface area (Å²) in [5.41, 5.74) is 20.2. The van der Waals surface area contributed by atoms with Crippen molar-refractivity contribution in [3.05, 3.63) is 291 Å². The van der Waals surface area contributed by atoms with Gasteiger partial charge in [0, 0.05) is 64.3 Å². The Kier molecular flexibility index (Phi) is 155. The van der Waals surface area contributed by atoms with Gasteiger partial charge >= 0.3 is 0 Å². The summed E-state index contributed by atoms with van der Waals surface area (Å²) in [6, 6.07) is 70.8. The van der Waals surface area contributed by atoms with Gasteiger partial charge in [0.2, 0.25) is 0 Å². The fraction of sp³-hybridized carbons (Fsp3) is 0.462. The number of para-hydroxylation sites is 2. The molecule has 0 fully saturated rings. The van der Waals surface area contributed by atoms with Crippen molar-refractivity contribution < 1.29 is 43.2 Å². The van der Waals surface area contributed by atoms with E-state index in [1.165, 1.54) is 55.6 Å². The number of hydrogen-bond acceptors (Lipinski definition) is 11. The van der Waals surface area contributed by atoms with Gasteiger partial charge in [0.15, 0.2) is 11.4 Å². The first kappa shape index (κ1) is 211. The molecule has 10 aromatic carbocycles. The van der Waals surface area contributed by atoms with Crippen LogP contribution >= 0.6 is 0 Å². The third-order valence-electron chi connectivity index (χ3n) is 18.8. The Morgan fingerprint density at radius 1 is 0.199 bits per heavy atom. The molecule has 146 heavy (non-hydrogen) atoms. The van der Waals surface area contributed by atoms with Crippen LogP contribution in [0.5, 0.6) is 28.7 Å². The van der Waals surface area contributed by atoms with E-state index >= 15 is 0 Å². The van der Waals surface area contributed by atoms with Crippen LogP contribution in [0.3, 0.4) is 0 Å². The third kappa shape index (κ3) is 56.2. The van der Waals surface area contributed by atoms with E-state index in [2.05, 4.69) is 170 Å². The maximum Gasteiger partial charge on any atom is 0.194 e. The summed E-state index contributed by atoms with van der Waals surface area (Å²) < 4.78 is 26.0. The molecule has 0 radical (unpaired) electrons. The molecule has 0 aliphatic carbocycles. The Bertz CT molecular complexity index is 4580. The average Bonchev–Trinajstić information content (AvgIpc) is 1.60. The second-order valence-corrected chi connectivity index (χ2v) is 25.9. The molecule has 2 aliphatic rings. The molecule has 16 heteroatoms. The number of aromatic nitrogens is 8. The molecule has 0 atom stereocenters. The number of nitrogens with zero attached hydrogens (tertiary/aromatic N) is 10. The van der Waals surface area contributed by atoms with E-state index in [9.17, 15) is 0 Å². The van der Waals surface area contributed by atoms with Crippen LogP contribution in [-0.4, -0.2) is 65.5 Å². The van der Waals surface area contributed by atoms with Gasteiger partial charge in [0.25, 0.3) is 0 Å². The van der Waals surface area contributed by atoms with Crippen molar-refractivity contribution in [3.63, 3.8) is 0 Å². The summed E-state index contributed by atoms with van der Waals surface area (Å²) in [7, 11) is 8.58. The van der Waals surface area contributed by atoms with Crippen LogP contribution in [0, 0.1) is 13.1 Å². The zero-order valence-electron chi connectivity index (χ0n) is 67.0. The molecule has 0 unspecified atom stereocenters. The fourth-order valence-corrected chi connectivity index (χ4v) is 12.4. The number of benzene rings is 10. The molecule has 13 aromatic rings. The van der Waals surface area contributed by atoms with E-state index < -0.39 is 0 Å². The van der Waals surface area contributed by atoms with Gasteiger partial charge in [0.05, 0.1) is 72.0 Å². The Hall–Kier alpha value is -11.8. The van der Waals surface area contributed by atoms with Gasteiger partial charge in [-0.2, -0.15) is 0 Å². The molecule has 15 nitrogen and oxygen atoms in total. The second kappa shape index (κ2) is 107. The van der Waals surface area contributed by atoms with E-state index in [4.69, 9.17) is 76.7 Å². The molecule has 0 spiro atoms. The van der Waals surface area contributed by atoms with Crippen molar-refractivity contribution in [2.24, 2.45) is 0 Å². The van der Waals surface area contributed by atoms with Gasteiger partial charge < -0.3 is 53.6 Å². The van der Waals surface area contributed by atoms with E-state index in [-0.39, 0.29) is 279 Å². The van der Waals surface area contributed by atoms with Gasteiger partial charge in [-0.1, -0.05) is 481 Å². The van der Waals surface area contributed by atoms with E-state index in [0.717, 1.165) is 137 Å². The average molecular weight is 2090 g/mol. The van der Waals surface area contributed by atoms with Crippen molar-refractivity contribution in [2.45, 2.75) is 393 Å². The molecule has 15 rings (SSSR count). The largest absolute Gasteiger partial charge is 0.497 e. The third-order valence-corrected chi connectivity index (χ3v) is 18.8. The van der Waals surface area contributed by atoms with E-state index in [0.29, 0.717) is 57.3 Å². The van der Waals surface area contributed by atoms with Gasteiger partial charge in [0.1, 0.15) is 28.7 Å². The van der Waals surface area contributed by atoms with Gasteiger partial charge in [-0.15, -0.1) is 0 Å². The number of rotatable bonds is 15. The SMILES string of the molecule is C.C.C.C.C.C.C.C.C.C.C.C.C.C.C.C.C.C.C.C.C.C.C.C.C.C.C.C.C.C.C.C.C.C.C.CCc1cc(CC)cc(OC)c1.CCc1cc(CC)cc(OC)c1.CCc1cc(CC)cc(OC)c1.CCc1cc(CC)cc(OC)c1.CCc1cc(CC)cc(OC)c1.[C-]#[N+]c1ccccc1[N+]#[C-].[Zn].c1ccc2c(c1)-c1nc-2nc2[n-]c(nc3nc(nc4[n-]c(n1)c1ccccc41)-c1ccccc1-3)c1ccccc21. The summed E-state index contributed by atoms with van der Waals surface area (Å²) in [4.78, 5) is 45.6. The Morgan fingerprint density at radius 2 is 0.329 bits per heavy atom. The Balaban J connectivity index is -0.0000000442. The zero-order valence-corrected chi connectivity index (χ0v) is 70.0. The number of methoxy groups -OCH3 is 5. The Morgan fingerprint density at radius 3 is 0.452 bits per heavy atom. The minimum atomic E-state index is 0. The first-order chi connectivity index (χ1) is 53.7. The monoisotopic (exact) mass is 2090 g/mol. The smallest absolute Gasteiger partial charge is 0.194 e. The molecule has 5 heterocycles. The molecule has 0 saturated carbocycles. The summed E-state index contributed by atoms with van der Waals surface area (Å²) in [6.45, 7) is 34.9. The van der Waals surface area contributed by atoms with Crippen molar-refractivity contribution in [1.82, 2.24) is 39.9 Å². The minimum Gasteiger partial charge on any atom is -0.497 e. The van der Waals surface area contributed by atoms with Crippen LogP contribution < -0.4 is 33.7 Å². The maximum absolute atomic E-state index is 6.67. The van der Waals surface area contributed by atoms with Crippen molar-refractivity contribution in [2.75, 3.05) is 35.5 Å². The number of aryl methyl sites for hydroxylation is 10. The summed E-state index contributed by atoms with van der Waals surface area (Å²) >= 11 is 0. The molecule has 3 aromatic heterocycles. The Labute approximate surface area is 926 Å². The summed E-state index contributed by atoms with van der Waals surface area (Å²) in [5.74, 6) is 7.10. The molecule has 844 valence electrons. The second-order valence-electron chi connectivity index (χ2n) is 25.9. The summed E-state index contributed by atoms with van der Waals surface area (Å²) in [5, 5.41) is 3.57. The van der Waals surface area contributed by atoms with Crippen LogP contribution in [-0.2, 0) is 83.7 Å². The normalized spacial score (nSPS) is 7.90. The zero-order chi connectivity index (χ0) is 78.5. The van der Waals surface area contributed by atoms with Gasteiger partial charge in [-0.3, -0.25) is 9.69 Å². The molecule has 0 saturated heterocycles. The standard InChI is InChI=1S/C32H16N8.5C11H16O.C8H4N2.35CH4.Zn/c1-2-10-18-17(9-1)25-33-26(18)38-28-21-13-5-6-14-22(21)30(35-28)40-32-24-16-8-7-15-23(24)31(36-32)39-29-20-12-4-3-11-19(20)27(34-29)37-25;5*1-4-9-6-10(5-2)8-11(7-9)12-3;1-9-7-5-3-4-6-8(7)10-2;;;;;;;;;;;;;;;;;;;;;;;;;;;;;;;;;;;;/h1-16H;5*6-8H,4-5H2,1-3H3;3-6H;35*1H4;/q-2;;;;;;;;;;;;;;;;;;;;;;;;;;;;;;;;;;;;;;;;;;. The predicted molar refractivity (Wildman–Crippen MR) is 687 cm³/mol.